The van der Waals surface area contributed by atoms with Gasteiger partial charge in [0, 0.05) is 31.4 Å². The zero-order valence-corrected chi connectivity index (χ0v) is 18.6. The number of nitrogens with zero attached hydrogens (tertiary/aromatic N) is 1. The van der Waals surface area contributed by atoms with Gasteiger partial charge in [0.15, 0.2) is 11.5 Å². The van der Waals surface area contributed by atoms with Crippen molar-refractivity contribution in [2.45, 2.75) is 32.4 Å². The molecule has 3 rings (SSSR count). The number of aliphatic hydroxyl groups excluding tert-OH is 1. The minimum Gasteiger partial charge on any atom is -0.493 e. The van der Waals surface area contributed by atoms with Crippen molar-refractivity contribution < 1.29 is 19.4 Å². The number of aliphatic hydroxyl groups is 1. The molecule has 2 atom stereocenters. The number of amides is 1. The molecule has 168 valence electrons. The molecule has 3 N–H and O–H groups in total. The third-order valence-corrected chi connectivity index (χ3v) is 5.61. The molecule has 7 nitrogen and oxygen atoms in total. The van der Waals surface area contributed by atoms with Crippen molar-refractivity contribution in [3.63, 3.8) is 0 Å². The van der Waals surface area contributed by atoms with E-state index >= 15 is 0 Å². The van der Waals surface area contributed by atoms with Crippen LogP contribution >= 0.6 is 0 Å². The number of para-hydroxylation sites is 3. The number of aryl methyl sites for hydroxylation is 2. The normalized spacial score (nSPS) is 17.7. The van der Waals surface area contributed by atoms with Gasteiger partial charge in [0.2, 0.25) is 5.91 Å². The predicted octanol–water partition coefficient (Wildman–Crippen LogP) is 2.35. The lowest BCUT2D eigenvalue weighted by Crippen LogP contribution is -2.54. The Hall–Kier alpha value is -2.61. The van der Waals surface area contributed by atoms with Crippen LogP contribution in [0.5, 0.6) is 11.5 Å². The summed E-state index contributed by atoms with van der Waals surface area (Å²) in [5, 5.41) is 17.0. The maximum absolute atomic E-state index is 12.7. The third kappa shape index (κ3) is 6.43. The second-order valence-corrected chi connectivity index (χ2v) is 7.99. The van der Waals surface area contributed by atoms with Crippen molar-refractivity contribution in [1.82, 2.24) is 10.2 Å². The van der Waals surface area contributed by atoms with Crippen molar-refractivity contribution in [2.24, 2.45) is 0 Å². The maximum atomic E-state index is 12.7. The van der Waals surface area contributed by atoms with Gasteiger partial charge in [-0.3, -0.25) is 9.69 Å². The van der Waals surface area contributed by atoms with Crippen LogP contribution in [-0.2, 0) is 4.79 Å². The van der Waals surface area contributed by atoms with Gasteiger partial charge in [-0.05, 0) is 43.5 Å². The number of hydrogen-bond donors (Lipinski definition) is 3. The second kappa shape index (κ2) is 11.1. The lowest BCUT2D eigenvalue weighted by molar-refractivity contribution is -0.118. The topological polar surface area (TPSA) is 83.1 Å². The van der Waals surface area contributed by atoms with E-state index in [1.807, 2.05) is 56.3 Å². The Balaban J connectivity index is 1.54. The molecule has 0 saturated carbocycles. The number of ether oxygens (including phenoxy) is 2. The zero-order chi connectivity index (χ0) is 22.2. The number of anilines is 1. The lowest BCUT2D eigenvalue weighted by Gasteiger charge is -2.36. The van der Waals surface area contributed by atoms with Gasteiger partial charge in [-0.1, -0.05) is 30.3 Å². The van der Waals surface area contributed by atoms with Gasteiger partial charge in [0.25, 0.3) is 0 Å². The number of methoxy groups -OCH3 is 1. The number of hydrogen-bond acceptors (Lipinski definition) is 6. The Morgan fingerprint density at radius 2 is 1.90 bits per heavy atom. The molecule has 0 spiro atoms. The van der Waals surface area contributed by atoms with Gasteiger partial charge >= 0.3 is 0 Å². The summed E-state index contributed by atoms with van der Waals surface area (Å²) in [6.07, 6.45) is -0.141. The van der Waals surface area contributed by atoms with E-state index in [1.165, 1.54) is 0 Å². The van der Waals surface area contributed by atoms with Crippen LogP contribution in [-0.4, -0.2) is 68.0 Å². The zero-order valence-electron chi connectivity index (χ0n) is 18.6. The number of rotatable bonds is 9. The fraction of sp³-hybridized carbons (Fsp3) is 0.458. The van der Waals surface area contributed by atoms with E-state index in [0.717, 1.165) is 36.4 Å². The van der Waals surface area contributed by atoms with Crippen molar-refractivity contribution in [2.75, 3.05) is 45.2 Å². The molecule has 31 heavy (non-hydrogen) atoms. The van der Waals surface area contributed by atoms with Crippen LogP contribution in [0.1, 0.15) is 17.5 Å². The number of piperazine rings is 1. The van der Waals surface area contributed by atoms with Gasteiger partial charge in [-0.25, -0.2) is 0 Å². The van der Waals surface area contributed by atoms with Crippen LogP contribution in [0.4, 0.5) is 5.69 Å². The number of carbonyl (C=O) groups is 1. The monoisotopic (exact) mass is 427 g/mol. The van der Waals surface area contributed by atoms with Crippen LogP contribution in [0.25, 0.3) is 0 Å². The second-order valence-electron chi connectivity index (χ2n) is 7.99. The van der Waals surface area contributed by atoms with E-state index in [9.17, 15) is 9.90 Å². The minimum absolute atomic E-state index is 0.0379. The average Bonchev–Trinajstić information content (AvgIpc) is 2.76. The van der Waals surface area contributed by atoms with Gasteiger partial charge in [0.1, 0.15) is 6.61 Å². The molecule has 2 aromatic carbocycles. The fourth-order valence-electron chi connectivity index (χ4n) is 3.92. The quantitative estimate of drug-likeness (QED) is 0.570. The van der Waals surface area contributed by atoms with Crippen LogP contribution in [0, 0.1) is 13.8 Å². The van der Waals surface area contributed by atoms with Crippen molar-refractivity contribution in [3.8, 4) is 11.5 Å². The summed E-state index contributed by atoms with van der Waals surface area (Å²) in [7, 11) is 1.59. The van der Waals surface area contributed by atoms with Crippen molar-refractivity contribution in [3.05, 3.63) is 53.6 Å². The molecule has 7 heteroatoms. The Morgan fingerprint density at radius 1 is 1.19 bits per heavy atom. The smallest absolute Gasteiger partial charge is 0.238 e. The van der Waals surface area contributed by atoms with Crippen LogP contribution < -0.4 is 20.1 Å². The van der Waals surface area contributed by atoms with E-state index < -0.39 is 6.10 Å². The lowest BCUT2D eigenvalue weighted by atomic mass is 10.1. The summed E-state index contributed by atoms with van der Waals surface area (Å²) in [5.74, 6) is 1.21. The van der Waals surface area contributed by atoms with E-state index in [0.29, 0.717) is 24.5 Å². The van der Waals surface area contributed by atoms with Crippen molar-refractivity contribution in [1.29, 1.82) is 0 Å². The first-order valence-electron chi connectivity index (χ1n) is 10.7. The Morgan fingerprint density at radius 3 is 2.61 bits per heavy atom. The Kier molecular flexibility index (Phi) is 8.28. The molecule has 0 radical (unpaired) electrons. The largest absolute Gasteiger partial charge is 0.493 e. The van der Waals surface area contributed by atoms with Crippen molar-refractivity contribution >= 4 is 11.6 Å². The van der Waals surface area contributed by atoms with Gasteiger partial charge in [0.05, 0.1) is 19.8 Å². The molecule has 0 aliphatic carbocycles. The van der Waals surface area contributed by atoms with Crippen LogP contribution in [0.2, 0.25) is 0 Å². The van der Waals surface area contributed by atoms with Gasteiger partial charge < -0.3 is 25.2 Å². The number of nitrogens with one attached hydrogen (secondary N) is 2. The number of benzene rings is 2. The molecule has 2 unspecified atom stereocenters. The SMILES string of the molecule is COc1ccccc1OCC(O)CC1CNCCN1CC(=O)Nc1c(C)cccc1C. The highest BCUT2D eigenvalue weighted by Gasteiger charge is 2.27. The minimum atomic E-state index is -0.654. The highest BCUT2D eigenvalue weighted by Crippen LogP contribution is 2.26. The molecule has 2 aromatic rings. The Labute approximate surface area is 184 Å². The maximum Gasteiger partial charge on any atom is 0.238 e. The summed E-state index contributed by atoms with van der Waals surface area (Å²) >= 11 is 0. The Bertz CT molecular complexity index is 853. The summed E-state index contributed by atoms with van der Waals surface area (Å²) in [4.78, 5) is 14.9. The molecular weight excluding hydrogens is 394 g/mol. The highest BCUT2D eigenvalue weighted by molar-refractivity contribution is 5.93. The molecule has 1 saturated heterocycles. The van der Waals surface area contributed by atoms with E-state index in [2.05, 4.69) is 15.5 Å². The van der Waals surface area contributed by atoms with Crippen LogP contribution in [0.3, 0.4) is 0 Å². The molecule has 1 fully saturated rings. The van der Waals surface area contributed by atoms with E-state index in [-0.39, 0.29) is 18.6 Å². The van der Waals surface area contributed by atoms with E-state index in [4.69, 9.17) is 9.47 Å². The highest BCUT2D eigenvalue weighted by atomic mass is 16.5. The molecule has 1 amide bonds. The molecular formula is C24H33N3O4. The first-order valence-corrected chi connectivity index (χ1v) is 10.7. The molecule has 1 aliphatic heterocycles. The first kappa shape index (κ1) is 23.1. The van der Waals surface area contributed by atoms with E-state index in [1.54, 1.807) is 7.11 Å². The summed E-state index contributed by atoms with van der Waals surface area (Å²) in [6, 6.07) is 13.4. The van der Waals surface area contributed by atoms with Crippen LogP contribution in [0.15, 0.2) is 42.5 Å². The standard InChI is InChI=1S/C24H33N3O4/c1-17-7-6-8-18(2)24(17)26-23(29)15-27-12-11-25-14-19(27)13-20(28)16-31-22-10-5-4-9-21(22)30-3/h4-10,19-20,25,28H,11-16H2,1-3H3,(H,26,29). The first-order chi connectivity index (χ1) is 15.0. The number of carbonyl (C=O) groups excluding carboxylic acids is 1. The third-order valence-electron chi connectivity index (χ3n) is 5.61. The average molecular weight is 428 g/mol. The summed E-state index contributed by atoms with van der Waals surface area (Å²) < 4.78 is 11.0. The summed E-state index contributed by atoms with van der Waals surface area (Å²) in [6.45, 7) is 6.75. The fourth-order valence-corrected chi connectivity index (χ4v) is 3.92. The molecule has 1 heterocycles. The van der Waals surface area contributed by atoms with Gasteiger partial charge in [-0.15, -0.1) is 0 Å². The van der Waals surface area contributed by atoms with Gasteiger partial charge in [-0.2, -0.15) is 0 Å². The molecule has 0 aromatic heterocycles. The summed E-state index contributed by atoms with van der Waals surface area (Å²) in [5.41, 5.74) is 2.98. The predicted molar refractivity (Wildman–Crippen MR) is 122 cm³/mol. The molecule has 1 aliphatic rings. The molecule has 0 bridgehead atoms.